The number of rotatable bonds is 6. The first-order chi connectivity index (χ1) is 26.3. The summed E-state index contributed by atoms with van der Waals surface area (Å²) in [5.74, 6) is 0.695. The number of hydrogen-bond acceptors (Lipinski definition) is 3. The van der Waals surface area contributed by atoms with Crippen molar-refractivity contribution in [3.05, 3.63) is 194 Å². The third-order valence-corrected chi connectivity index (χ3v) is 10.1. The van der Waals surface area contributed by atoms with Crippen molar-refractivity contribution in [2.45, 2.75) is 0 Å². The summed E-state index contributed by atoms with van der Waals surface area (Å²) in [6.45, 7) is 0. The first kappa shape index (κ1) is 30.6. The molecule has 3 aromatic heterocycles. The van der Waals surface area contributed by atoms with Gasteiger partial charge in [-0.2, -0.15) is 0 Å². The van der Waals surface area contributed by atoms with E-state index in [4.69, 9.17) is 9.97 Å². The van der Waals surface area contributed by atoms with Gasteiger partial charge in [0.2, 0.25) is 0 Å². The lowest BCUT2D eigenvalue weighted by Crippen LogP contribution is -1.97. The zero-order valence-electron chi connectivity index (χ0n) is 28.8. The molecular weight excluding hydrogens is 645 g/mol. The maximum Gasteiger partial charge on any atom is 0.160 e. The van der Waals surface area contributed by atoms with Gasteiger partial charge >= 0.3 is 0 Å². The highest BCUT2D eigenvalue weighted by atomic mass is 15.0. The lowest BCUT2D eigenvalue weighted by Gasteiger charge is -2.15. The van der Waals surface area contributed by atoms with Crippen LogP contribution in [-0.4, -0.2) is 19.5 Å². The lowest BCUT2D eigenvalue weighted by atomic mass is 9.91. The zero-order chi connectivity index (χ0) is 35.1. The predicted octanol–water partition coefficient (Wildman–Crippen LogP) is 12.5. The van der Waals surface area contributed by atoms with E-state index >= 15 is 0 Å². The van der Waals surface area contributed by atoms with Crippen LogP contribution in [0.2, 0.25) is 0 Å². The van der Waals surface area contributed by atoms with E-state index in [2.05, 4.69) is 167 Å². The normalized spacial score (nSPS) is 11.4. The van der Waals surface area contributed by atoms with Crippen LogP contribution in [0, 0.1) is 0 Å². The summed E-state index contributed by atoms with van der Waals surface area (Å²) in [7, 11) is 0. The molecule has 248 valence electrons. The van der Waals surface area contributed by atoms with E-state index in [-0.39, 0.29) is 0 Å². The molecule has 3 heterocycles. The van der Waals surface area contributed by atoms with Crippen molar-refractivity contribution in [3.8, 4) is 61.8 Å². The molecule has 0 unspecified atom stereocenters. The van der Waals surface area contributed by atoms with Crippen LogP contribution in [0.1, 0.15) is 0 Å². The van der Waals surface area contributed by atoms with Gasteiger partial charge in [0.05, 0.1) is 22.4 Å². The monoisotopic (exact) mass is 676 g/mol. The summed E-state index contributed by atoms with van der Waals surface area (Å²) in [5, 5.41) is 4.80. The molecule has 10 aromatic rings. The van der Waals surface area contributed by atoms with Crippen LogP contribution in [0.15, 0.2) is 194 Å². The lowest BCUT2D eigenvalue weighted by molar-refractivity contribution is 1.18. The number of para-hydroxylation sites is 2. The third-order valence-electron chi connectivity index (χ3n) is 10.1. The van der Waals surface area contributed by atoms with Gasteiger partial charge in [-0.15, -0.1) is 0 Å². The Kier molecular flexibility index (Phi) is 7.43. The van der Waals surface area contributed by atoms with Crippen LogP contribution in [0.3, 0.4) is 0 Å². The minimum atomic E-state index is 0.695. The van der Waals surface area contributed by atoms with E-state index < -0.39 is 0 Å². The number of benzene rings is 7. The second-order valence-electron chi connectivity index (χ2n) is 13.2. The second kappa shape index (κ2) is 12.9. The molecular formula is C49H32N4. The van der Waals surface area contributed by atoms with Crippen LogP contribution < -0.4 is 0 Å². The molecule has 0 aliphatic heterocycles. The Morgan fingerprint density at radius 1 is 0.377 bits per heavy atom. The van der Waals surface area contributed by atoms with E-state index in [1.54, 1.807) is 6.20 Å². The maximum absolute atomic E-state index is 5.22. The average Bonchev–Trinajstić information content (AvgIpc) is 3.59. The van der Waals surface area contributed by atoms with E-state index in [9.17, 15) is 0 Å². The topological polar surface area (TPSA) is 43.6 Å². The van der Waals surface area contributed by atoms with E-state index in [0.29, 0.717) is 5.82 Å². The molecule has 0 saturated carbocycles. The molecule has 0 radical (unpaired) electrons. The Bertz CT molecular complexity index is 2910. The third kappa shape index (κ3) is 5.36. The Balaban J connectivity index is 1.16. The molecule has 0 amide bonds. The molecule has 0 bridgehead atoms. The number of aromatic nitrogens is 4. The van der Waals surface area contributed by atoms with Crippen molar-refractivity contribution < 1.29 is 0 Å². The number of pyridine rings is 1. The molecule has 0 saturated heterocycles. The van der Waals surface area contributed by atoms with E-state index in [0.717, 1.165) is 50.3 Å². The van der Waals surface area contributed by atoms with Gasteiger partial charge in [-0.25, -0.2) is 9.97 Å². The van der Waals surface area contributed by atoms with Crippen LogP contribution in [-0.2, 0) is 0 Å². The van der Waals surface area contributed by atoms with Crippen LogP contribution in [0.5, 0.6) is 0 Å². The van der Waals surface area contributed by atoms with Crippen molar-refractivity contribution in [2.24, 2.45) is 0 Å². The molecule has 4 nitrogen and oxygen atoms in total. The smallest absolute Gasteiger partial charge is 0.160 e. The fraction of sp³-hybridized carbons (Fsp3) is 0. The van der Waals surface area contributed by atoms with Crippen molar-refractivity contribution >= 4 is 32.6 Å². The van der Waals surface area contributed by atoms with Crippen LogP contribution >= 0.6 is 0 Å². The summed E-state index contributed by atoms with van der Waals surface area (Å²) in [6, 6.07) is 64.2. The molecule has 0 spiro atoms. The highest BCUT2D eigenvalue weighted by Gasteiger charge is 2.19. The maximum atomic E-state index is 5.22. The van der Waals surface area contributed by atoms with Gasteiger partial charge < -0.3 is 4.57 Å². The highest BCUT2D eigenvalue weighted by Crippen LogP contribution is 2.42. The molecule has 53 heavy (non-hydrogen) atoms. The second-order valence-corrected chi connectivity index (χ2v) is 13.2. The first-order valence-corrected chi connectivity index (χ1v) is 17.9. The van der Waals surface area contributed by atoms with Gasteiger partial charge in [0, 0.05) is 45.5 Å². The van der Waals surface area contributed by atoms with Gasteiger partial charge in [-0.05, 0) is 69.4 Å². The quantitative estimate of drug-likeness (QED) is 0.176. The van der Waals surface area contributed by atoms with Crippen LogP contribution in [0.25, 0.3) is 94.4 Å². The van der Waals surface area contributed by atoms with Crippen LogP contribution in [0.4, 0.5) is 0 Å². The molecule has 7 aromatic carbocycles. The predicted molar refractivity (Wildman–Crippen MR) is 219 cm³/mol. The van der Waals surface area contributed by atoms with E-state index in [1.165, 1.54) is 38.3 Å². The van der Waals surface area contributed by atoms with E-state index in [1.807, 2.05) is 30.5 Å². The molecule has 0 aliphatic rings. The molecule has 0 N–H and O–H groups in total. The van der Waals surface area contributed by atoms with Crippen molar-refractivity contribution in [1.29, 1.82) is 0 Å². The molecule has 0 fully saturated rings. The van der Waals surface area contributed by atoms with Crippen molar-refractivity contribution in [2.75, 3.05) is 0 Å². The summed E-state index contributed by atoms with van der Waals surface area (Å²) in [5.41, 5.74) is 12.9. The zero-order valence-corrected chi connectivity index (χ0v) is 28.8. The van der Waals surface area contributed by atoms with Gasteiger partial charge in [-0.1, -0.05) is 146 Å². The average molecular weight is 677 g/mol. The van der Waals surface area contributed by atoms with Gasteiger partial charge in [0.25, 0.3) is 0 Å². The molecule has 10 rings (SSSR count). The first-order valence-electron chi connectivity index (χ1n) is 17.9. The summed E-state index contributed by atoms with van der Waals surface area (Å²) in [6.07, 6.45) is 3.69. The highest BCUT2D eigenvalue weighted by molar-refractivity contribution is 6.18. The Morgan fingerprint density at radius 3 is 1.77 bits per heavy atom. The van der Waals surface area contributed by atoms with Gasteiger partial charge in [0.1, 0.15) is 0 Å². The molecule has 0 atom stereocenters. The SMILES string of the molecule is c1ccc(-c2nc(-c3ccc(-c4cccnc4)cc3)cc(-c3ccc(-c4cccc5c4c4ccccc4n5-c4ccccc4)c4ccccc34)n2)cc1. The van der Waals surface area contributed by atoms with Crippen molar-refractivity contribution in [3.63, 3.8) is 0 Å². The fourth-order valence-electron chi connectivity index (χ4n) is 7.67. The fourth-order valence-corrected chi connectivity index (χ4v) is 7.67. The number of nitrogens with zero attached hydrogens (tertiary/aromatic N) is 4. The number of fused-ring (bicyclic) bond motifs is 4. The van der Waals surface area contributed by atoms with Gasteiger partial charge in [0.15, 0.2) is 5.82 Å². The molecule has 0 aliphatic carbocycles. The summed E-state index contributed by atoms with van der Waals surface area (Å²) < 4.78 is 2.38. The standard InChI is InChI=1S/C49H32N4/c1-3-13-35(14-4-1)49-51-44(34-26-24-33(25-27-34)36-15-12-30-50-32-36)31-45(52-49)41-29-28-40(38-18-7-8-19-39(38)41)42-21-11-23-47-48(42)43-20-9-10-22-46(43)53(47)37-16-5-2-6-17-37/h1-32H. The Hall–Kier alpha value is -7.17. The molecule has 4 heteroatoms. The minimum absolute atomic E-state index is 0.695. The number of hydrogen-bond donors (Lipinski definition) is 0. The largest absolute Gasteiger partial charge is 0.309 e. The summed E-state index contributed by atoms with van der Waals surface area (Å²) in [4.78, 5) is 14.6. The Morgan fingerprint density at radius 2 is 1.00 bits per heavy atom. The van der Waals surface area contributed by atoms with Gasteiger partial charge in [-0.3, -0.25) is 4.98 Å². The van der Waals surface area contributed by atoms with Crippen molar-refractivity contribution in [1.82, 2.24) is 19.5 Å². The minimum Gasteiger partial charge on any atom is -0.309 e. The summed E-state index contributed by atoms with van der Waals surface area (Å²) >= 11 is 0. The Labute approximate surface area is 307 Å².